The van der Waals surface area contributed by atoms with E-state index in [0.29, 0.717) is 0 Å². The maximum absolute atomic E-state index is 12.5. The molecular weight excluding hydrogens is 310 g/mol. The molecule has 25 heavy (non-hydrogen) atoms. The summed E-state index contributed by atoms with van der Waals surface area (Å²) in [4.78, 5) is 12.5. The van der Waals surface area contributed by atoms with E-state index in [4.69, 9.17) is 0 Å². The van der Waals surface area contributed by atoms with Gasteiger partial charge in [-0.25, -0.2) is 0 Å². The van der Waals surface area contributed by atoms with Crippen molar-refractivity contribution >= 4 is 17.3 Å². The van der Waals surface area contributed by atoms with E-state index in [-0.39, 0.29) is 5.57 Å². The van der Waals surface area contributed by atoms with Gasteiger partial charge in [-0.15, -0.1) is 0 Å². The summed E-state index contributed by atoms with van der Waals surface area (Å²) in [6.45, 7) is 7.99. The van der Waals surface area contributed by atoms with Crippen LogP contribution in [0.15, 0.2) is 48.2 Å². The second-order valence-corrected chi connectivity index (χ2v) is 6.11. The van der Waals surface area contributed by atoms with Crippen LogP contribution in [0.5, 0.6) is 0 Å². The molecule has 0 heterocycles. The Hall–Kier alpha value is -3.06. The van der Waals surface area contributed by atoms with Crippen molar-refractivity contribution in [2.24, 2.45) is 0 Å². The number of benzene rings is 2. The van der Waals surface area contributed by atoms with E-state index < -0.39 is 5.91 Å². The summed E-state index contributed by atoms with van der Waals surface area (Å²) in [6, 6.07) is 13.8. The van der Waals surface area contributed by atoms with Gasteiger partial charge in [-0.3, -0.25) is 4.79 Å². The zero-order chi connectivity index (χ0) is 18.4. The van der Waals surface area contributed by atoms with Crippen molar-refractivity contribution in [2.75, 3.05) is 10.6 Å². The molecular formula is C21H23N3O. The standard InChI is InChI=1S/C21H23N3O/c1-5-17-8-6-7-16(4)20(17)24-21(25)18(12-22)13-23-19-10-14(2)9-15(3)11-19/h6-11,13,23H,5H2,1-4H3,(H,24,25)/b18-13-. The molecule has 0 saturated carbocycles. The second kappa shape index (κ2) is 8.16. The number of aryl methyl sites for hydroxylation is 4. The number of nitriles is 1. The Kier molecular flexibility index (Phi) is 5.97. The van der Waals surface area contributed by atoms with Crippen molar-refractivity contribution in [2.45, 2.75) is 34.1 Å². The van der Waals surface area contributed by atoms with E-state index in [2.05, 4.69) is 16.7 Å². The summed E-state index contributed by atoms with van der Waals surface area (Å²) in [5.74, 6) is -0.414. The number of anilines is 2. The average Bonchev–Trinajstić information content (AvgIpc) is 2.56. The molecule has 0 fully saturated rings. The predicted molar refractivity (Wildman–Crippen MR) is 102 cm³/mol. The lowest BCUT2D eigenvalue weighted by Gasteiger charge is -2.12. The molecule has 128 valence electrons. The molecule has 2 aromatic rings. The molecule has 0 saturated heterocycles. The fourth-order valence-electron chi connectivity index (χ4n) is 2.74. The molecule has 0 aliphatic rings. The molecule has 4 heteroatoms. The lowest BCUT2D eigenvalue weighted by molar-refractivity contribution is -0.112. The van der Waals surface area contributed by atoms with Gasteiger partial charge in [-0.2, -0.15) is 5.26 Å². The van der Waals surface area contributed by atoms with Gasteiger partial charge in [0.25, 0.3) is 5.91 Å². The molecule has 0 aliphatic carbocycles. The van der Waals surface area contributed by atoms with Crippen LogP contribution in [-0.2, 0) is 11.2 Å². The van der Waals surface area contributed by atoms with Crippen LogP contribution >= 0.6 is 0 Å². The Labute approximate surface area is 149 Å². The van der Waals surface area contributed by atoms with Crippen LogP contribution in [0, 0.1) is 32.1 Å². The van der Waals surface area contributed by atoms with Crippen molar-refractivity contribution in [3.8, 4) is 6.07 Å². The van der Waals surface area contributed by atoms with E-state index in [1.165, 1.54) is 6.20 Å². The minimum Gasteiger partial charge on any atom is -0.360 e. The minimum atomic E-state index is -0.414. The van der Waals surface area contributed by atoms with E-state index in [0.717, 1.165) is 40.0 Å². The number of carbonyl (C=O) groups is 1. The Balaban J connectivity index is 2.20. The summed E-state index contributed by atoms with van der Waals surface area (Å²) < 4.78 is 0. The molecule has 2 aromatic carbocycles. The smallest absolute Gasteiger partial charge is 0.267 e. The molecule has 0 radical (unpaired) electrons. The predicted octanol–water partition coefficient (Wildman–Crippen LogP) is 4.63. The number of carbonyl (C=O) groups excluding carboxylic acids is 1. The zero-order valence-corrected chi connectivity index (χ0v) is 15.1. The Morgan fingerprint density at radius 2 is 1.84 bits per heavy atom. The number of hydrogen-bond acceptors (Lipinski definition) is 3. The molecule has 2 rings (SSSR count). The first-order chi connectivity index (χ1) is 11.9. The topological polar surface area (TPSA) is 64.9 Å². The van der Waals surface area contributed by atoms with E-state index in [1.807, 2.05) is 64.1 Å². The van der Waals surface area contributed by atoms with Gasteiger partial charge in [0, 0.05) is 17.6 Å². The van der Waals surface area contributed by atoms with Gasteiger partial charge < -0.3 is 10.6 Å². The zero-order valence-electron chi connectivity index (χ0n) is 15.1. The van der Waals surface area contributed by atoms with Gasteiger partial charge in [0.15, 0.2) is 0 Å². The fraction of sp³-hybridized carbons (Fsp3) is 0.238. The van der Waals surface area contributed by atoms with Crippen LogP contribution < -0.4 is 10.6 Å². The highest BCUT2D eigenvalue weighted by atomic mass is 16.1. The molecule has 0 aromatic heterocycles. The monoisotopic (exact) mass is 333 g/mol. The number of nitrogens with zero attached hydrogens (tertiary/aromatic N) is 1. The summed E-state index contributed by atoms with van der Waals surface area (Å²) in [5.41, 5.74) is 5.92. The number of amides is 1. The summed E-state index contributed by atoms with van der Waals surface area (Å²) >= 11 is 0. The van der Waals surface area contributed by atoms with Crippen LogP contribution in [-0.4, -0.2) is 5.91 Å². The highest BCUT2D eigenvalue weighted by Gasteiger charge is 2.13. The number of para-hydroxylation sites is 1. The Bertz CT molecular complexity index is 840. The molecule has 1 amide bonds. The van der Waals surface area contributed by atoms with Crippen LogP contribution in [0.1, 0.15) is 29.2 Å². The van der Waals surface area contributed by atoms with Gasteiger partial charge in [-0.05, 0) is 61.6 Å². The van der Waals surface area contributed by atoms with E-state index in [9.17, 15) is 10.1 Å². The van der Waals surface area contributed by atoms with Crippen molar-refractivity contribution in [3.05, 3.63) is 70.4 Å². The highest BCUT2D eigenvalue weighted by Crippen LogP contribution is 2.22. The molecule has 0 aliphatic heterocycles. The molecule has 2 N–H and O–H groups in total. The summed E-state index contributed by atoms with van der Waals surface area (Å²) in [6.07, 6.45) is 2.26. The maximum Gasteiger partial charge on any atom is 0.267 e. The lowest BCUT2D eigenvalue weighted by atomic mass is 10.1. The number of nitrogens with one attached hydrogen (secondary N) is 2. The third kappa shape index (κ3) is 4.71. The normalized spacial score (nSPS) is 10.9. The molecule has 0 atom stereocenters. The second-order valence-electron chi connectivity index (χ2n) is 6.11. The first-order valence-corrected chi connectivity index (χ1v) is 8.29. The van der Waals surface area contributed by atoms with Crippen LogP contribution in [0.4, 0.5) is 11.4 Å². The van der Waals surface area contributed by atoms with Crippen molar-refractivity contribution in [3.63, 3.8) is 0 Å². The van der Waals surface area contributed by atoms with E-state index in [1.54, 1.807) is 0 Å². The molecule has 0 unspecified atom stereocenters. The SMILES string of the molecule is CCc1cccc(C)c1NC(=O)/C(C#N)=C\Nc1cc(C)cc(C)c1. The lowest BCUT2D eigenvalue weighted by Crippen LogP contribution is -2.16. The van der Waals surface area contributed by atoms with E-state index >= 15 is 0 Å². The molecule has 0 bridgehead atoms. The van der Waals surface area contributed by atoms with Crippen molar-refractivity contribution < 1.29 is 4.79 Å². The number of rotatable bonds is 5. The summed E-state index contributed by atoms with van der Waals surface area (Å²) in [5, 5.41) is 15.3. The van der Waals surface area contributed by atoms with Gasteiger partial charge in [0.05, 0.1) is 0 Å². The Morgan fingerprint density at radius 3 is 2.44 bits per heavy atom. The third-order valence-corrected chi connectivity index (χ3v) is 3.95. The van der Waals surface area contributed by atoms with Gasteiger partial charge >= 0.3 is 0 Å². The van der Waals surface area contributed by atoms with Crippen LogP contribution in [0.2, 0.25) is 0 Å². The fourth-order valence-corrected chi connectivity index (χ4v) is 2.74. The first-order valence-electron chi connectivity index (χ1n) is 8.29. The van der Waals surface area contributed by atoms with Crippen LogP contribution in [0.3, 0.4) is 0 Å². The quantitative estimate of drug-likeness (QED) is 0.619. The summed E-state index contributed by atoms with van der Waals surface area (Å²) in [7, 11) is 0. The van der Waals surface area contributed by atoms with Gasteiger partial charge in [0.2, 0.25) is 0 Å². The maximum atomic E-state index is 12.5. The van der Waals surface area contributed by atoms with Crippen molar-refractivity contribution in [1.82, 2.24) is 0 Å². The van der Waals surface area contributed by atoms with Gasteiger partial charge in [0.1, 0.15) is 11.6 Å². The molecule has 4 nitrogen and oxygen atoms in total. The van der Waals surface area contributed by atoms with Crippen LogP contribution in [0.25, 0.3) is 0 Å². The first kappa shape index (κ1) is 18.3. The molecule has 0 spiro atoms. The average molecular weight is 333 g/mol. The van der Waals surface area contributed by atoms with Gasteiger partial charge in [-0.1, -0.05) is 31.2 Å². The highest BCUT2D eigenvalue weighted by molar-refractivity contribution is 6.07. The largest absolute Gasteiger partial charge is 0.360 e. The third-order valence-electron chi connectivity index (χ3n) is 3.95. The minimum absolute atomic E-state index is 0.0319. The van der Waals surface area contributed by atoms with Crippen molar-refractivity contribution in [1.29, 1.82) is 5.26 Å². The number of hydrogen-bond donors (Lipinski definition) is 2. The Morgan fingerprint density at radius 1 is 1.16 bits per heavy atom.